The molecule has 0 aromatic carbocycles. The Kier molecular flexibility index (Phi) is 3.00. The number of likely N-dealkylation sites (N-methyl/N-ethyl adjacent to an activating group) is 2. The summed E-state index contributed by atoms with van der Waals surface area (Å²) in [6.45, 7) is 9.92. The van der Waals surface area contributed by atoms with Gasteiger partial charge in [-0.2, -0.15) is 0 Å². The van der Waals surface area contributed by atoms with E-state index < -0.39 is 0 Å². The van der Waals surface area contributed by atoms with Crippen molar-refractivity contribution < 1.29 is 4.79 Å². The first-order chi connectivity index (χ1) is 7.52. The van der Waals surface area contributed by atoms with Gasteiger partial charge in [-0.25, -0.2) is 0 Å². The molecule has 2 atom stereocenters. The Labute approximate surface area is 97.4 Å². The predicted octanol–water partition coefficient (Wildman–Crippen LogP) is 1.08. The first-order valence-electron chi connectivity index (χ1n) is 5.82. The summed E-state index contributed by atoms with van der Waals surface area (Å²) in [5.41, 5.74) is 2.11. The maximum absolute atomic E-state index is 12.5. The molecule has 88 valence electrons. The third-order valence-corrected chi connectivity index (χ3v) is 3.77. The van der Waals surface area contributed by atoms with E-state index in [1.807, 2.05) is 14.1 Å². The standard InChI is InChI=1S/C13H20N2O/c1-9-5-7-14(3)11(9)13(16)12-10(2)6-8-15(12)4/h11-12H,1-2,5-8H2,3-4H3. The molecule has 0 radical (unpaired) electrons. The number of nitrogens with zero attached hydrogens (tertiary/aromatic N) is 2. The number of hydrogen-bond donors (Lipinski definition) is 0. The van der Waals surface area contributed by atoms with Crippen LogP contribution < -0.4 is 0 Å². The second-order valence-electron chi connectivity index (χ2n) is 4.99. The molecule has 0 aromatic heterocycles. The van der Waals surface area contributed by atoms with E-state index in [2.05, 4.69) is 23.0 Å². The lowest BCUT2D eigenvalue weighted by Crippen LogP contribution is -2.45. The van der Waals surface area contributed by atoms with Gasteiger partial charge in [0.25, 0.3) is 0 Å². The Morgan fingerprint density at radius 3 is 1.69 bits per heavy atom. The van der Waals surface area contributed by atoms with Gasteiger partial charge in [-0.15, -0.1) is 0 Å². The zero-order valence-electron chi connectivity index (χ0n) is 10.2. The predicted molar refractivity (Wildman–Crippen MR) is 65.4 cm³/mol. The lowest BCUT2D eigenvalue weighted by Gasteiger charge is -2.26. The fourth-order valence-corrected chi connectivity index (χ4v) is 2.78. The molecule has 0 N–H and O–H groups in total. The van der Waals surface area contributed by atoms with Crippen molar-refractivity contribution >= 4 is 5.78 Å². The van der Waals surface area contributed by atoms with Gasteiger partial charge < -0.3 is 0 Å². The van der Waals surface area contributed by atoms with Gasteiger partial charge in [-0.3, -0.25) is 14.6 Å². The second kappa shape index (κ2) is 4.15. The minimum Gasteiger partial charge on any atom is -0.295 e. The molecule has 16 heavy (non-hydrogen) atoms. The van der Waals surface area contributed by atoms with Crippen LogP contribution in [0, 0.1) is 0 Å². The van der Waals surface area contributed by atoms with Gasteiger partial charge in [0.15, 0.2) is 5.78 Å². The Balaban J connectivity index is 2.18. The van der Waals surface area contributed by atoms with Gasteiger partial charge >= 0.3 is 0 Å². The van der Waals surface area contributed by atoms with E-state index in [9.17, 15) is 4.79 Å². The van der Waals surface area contributed by atoms with Crippen LogP contribution >= 0.6 is 0 Å². The van der Waals surface area contributed by atoms with Gasteiger partial charge in [0.1, 0.15) is 0 Å². The molecule has 3 nitrogen and oxygen atoms in total. The number of Topliss-reactive ketones (excluding diaryl/α,β-unsaturated/α-hetero) is 1. The summed E-state index contributed by atoms with van der Waals surface area (Å²) in [6, 6.07) is -0.190. The van der Waals surface area contributed by atoms with Crippen molar-refractivity contribution in [2.45, 2.75) is 24.9 Å². The van der Waals surface area contributed by atoms with Crippen LogP contribution in [0.5, 0.6) is 0 Å². The van der Waals surface area contributed by atoms with Gasteiger partial charge in [0.05, 0.1) is 12.1 Å². The molecule has 0 aromatic rings. The van der Waals surface area contributed by atoms with Gasteiger partial charge in [-0.05, 0) is 26.9 Å². The summed E-state index contributed by atoms with van der Waals surface area (Å²) in [5.74, 6) is 0.259. The van der Waals surface area contributed by atoms with Gasteiger partial charge in [0, 0.05) is 13.1 Å². The average Bonchev–Trinajstić information content (AvgIpc) is 2.71. The molecular weight excluding hydrogens is 200 g/mol. The molecule has 0 bridgehead atoms. The maximum atomic E-state index is 12.5. The van der Waals surface area contributed by atoms with Crippen LogP contribution in [0.25, 0.3) is 0 Å². The minimum absolute atomic E-state index is 0.0951. The Morgan fingerprint density at radius 1 is 1.06 bits per heavy atom. The summed E-state index contributed by atoms with van der Waals surface area (Å²) in [4.78, 5) is 16.7. The number of likely N-dealkylation sites (tertiary alicyclic amines) is 2. The van der Waals surface area contributed by atoms with E-state index in [4.69, 9.17) is 0 Å². The zero-order valence-corrected chi connectivity index (χ0v) is 10.2. The molecule has 2 unspecified atom stereocenters. The van der Waals surface area contributed by atoms with E-state index in [0.29, 0.717) is 0 Å². The molecule has 2 aliphatic rings. The SMILES string of the molecule is C=C1CCN(C)C1C(=O)C1C(=C)CCN1C. The van der Waals surface area contributed by atoms with E-state index in [1.54, 1.807) is 0 Å². The smallest absolute Gasteiger partial charge is 0.175 e. The molecule has 0 amide bonds. The highest BCUT2D eigenvalue weighted by molar-refractivity contribution is 5.94. The van der Waals surface area contributed by atoms with E-state index in [0.717, 1.165) is 37.1 Å². The van der Waals surface area contributed by atoms with Crippen molar-refractivity contribution in [1.29, 1.82) is 0 Å². The van der Waals surface area contributed by atoms with E-state index in [1.165, 1.54) is 0 Å². The number of rotatable bonds is 2. The second-order valence-corrected chi connectivity index (χ2v) is 4.99. The third-order valence-electron chi connectivity index (χ3n) is 3.77. The Morgan fingerprint density at radius 2 is 1.44 bits per heavy atom. The summed E-state index contributed by atoms with van der Waals surface area (Å²) in [6.07, 6.45) is 1.88. The molecule has 0 aliphatic carbocycles. The summed E-state index contributed by atoms with van der Waals surface area (Å²) < 4.78 is 0. The van der Waals surface area contributed by atoms with E-state index in [-0.39, 0.29) is 17.9 Å². The lowest BCUT2D eigenvalue weighted by atomic mass is 9.96. The molecule has 0 saturated carbocycles. The van der Waals surface area contributed by atoms with Crippen molar-refractivity contribution in [1.82, 2.24) is 9.80 Å². The number of carbonyl (C=O) groups excluding carboxylic acids is 1. The average molecular weight is 220 g/mol. The molecule has 0 spiro atoms. The summed E-state index contributed by atoms with van der Waals surface area (Å²) >= 11 is 0. The lowest BCUT2D eigenvalue weighted by molar-refractivity contribution is -0.124. The first kappa shape index (κ1) is 11.6. The van der Waals surface area contributed by atoms with Crippen LogP contribution in [0.4, 0.5) is 0 Å². The third kappa shape index (κ3) is 1.74. The Hall–Kier alpha value is -0.930. The highest BCUT2D eigenvalue weighted by Gasteiger charge is 2.40. The van der Waals surface area contributed by atoms with Gasteiger partial charge in [0.2, 0.25) is 0 Å². The normalized spacial score (nSPS) is 32.6. The first-order valence-corrected chi connectivity index (χ1v) is 5.82. The van der Waals surface area contributed by atoms with Crippen molar-refractivity contribution in [3.63, 3.8) is 0 Å². The molecule has 2 saturated heterocycles. The summed E-state index contributed by atoms with van der Waals surface area (Å²) in [5, 5.41) is 0. The zero-order chi connectivity index (χ0) is 11.9. The fourth-order valence-electron chi connectivity index (χ4n) is 2.78. The highest BCUT2D eigenvalue weighted by Crippen LogP contribution is 2.28. The van der Waals surface area contributed by atoms with Crippen LogP contribution in [0.15, 0.2) is 24.3 Å². The van der Waals surface area contributed by atoms with Crippen molar-refractivity contribution in [2.24, 2.45) is 0 Å². The van der Waals surface area contributed by atoms with Crippen LogP contribution in [-0.2, 0) is 4.79 Å². The Bertz CT molecular complexity index is 316. The number of hydrogen-bond acceptors (Lipinski definition) is 3. The fraction of sp³-hybridized carbons (Fsp3) is 0.615. The molecule has 3 heteroatoms. The molecule has 2 rings (SSSR count). The summed E-state index contributed by atoms with van der Waals surface area (Å²) in [7, 11) is 4.00. The highest BCUT2D eigenvalue weighted by atomic mass is 16.1. The molecule has 2 heterocycles. The minimum atomic E-state index is -0.0951. The maximum Gasteiger partial charge on any atom is 0.175 e. The largest absolute Gasteiger partial charge is 0.295 e. The van der Waals surface area contributed by atoms with Crippen LogP contribution in [0.1, 0.15) is 12.8 Å². The molecule has 2 fully saturated rings. The van der Waals surface area contributed by atoms with Crippen molar-refractivity contribution in [2.75, 3.05) is 27.2 Å². The topological polar surface area (TPSA) is 23.6 Å². The van der Waals surface area contributed by atoms with Crippen molar-refractivity contribution in [3.05, 3.63) is 24.3 Å². The monoisotopic (exact) mass is 220 g/mol. The quantitative estimate of drug-likeness (QED) is 0.651. The number of carbonyl (C=O) groups is 1. The van der Waals surface area contributed by atoms with Crippen LogP contribution in [0.3, 0.4) is 0 Å². The van der Waals surface area contributed by atoms with Crippen LogP contribution in [0.2, 0.25) is 0 Å². The van der Waals surface area contributed by atoms with Gasteiger partial charge in [-0.1, -0.05) is 24.3 Å². The van der Waals surface area contributed by atoms with Crippen LogP contribution in [-0.4, -0.2) is 54.9 Å². The number of ketones is 1. The molecule has 2 aliphatic heterocycles. The van der Waals surface area contributed by atoms with Crippen molar-refractivity contribution in [3.8, 4) is 0 Å². The molecular formula is C13H20N2O. The van der Waals surface area contributed by atoms with E-state index >= 15 is 0 Å².